The largest absolute Gasteiger partial charge is 0.459 e. The number of hydrogen-bond donors (Lipinski definition) is 0. The van der Waals surface area contributed by atoms with Gasteiger partial charge in [0.1, 0.15) is 6.61 Å². The Morgan fingerprint density at radius 1 is 1.44 bits per heavy atom. The predicted molar refractivity (Wildman–Crippen MR) is 56.8 cm³/mol. The molecule has 0 saturated carbocycles. The number of methoxy groups -OCH3 is 1. The highest BCUT2D eigenvalue weighted by Crippen LogP contribution is 2.29. The number of esters is 1. The standard InChI is InChI=1S/C12H14O4/c1-14-8-12(9-16-12)11(13)15-7-10-5-3-2-4-6-10/h2-6H,7-9H2,1H3. The molecule has 0 aromatic heterocycles. The quantitative estimate of drug-likeness (QED) is 0.554. The summed E-state index contributed by atoms with van der Waals surface area (Å²) in [6.07, 6.45) is 0. The number of carbonyl (C=O) groups is 1. The van der Waals surface area contributed by atoms with Crippen LogP contribution in [0.4, 0.5) is 0 Å². The molecule has 0 aliphatic carbocycles. The Morgan fingerprint density at radius 3 is 2.69 bits per heavy atom. The van der Waals surface area contributed by atoms with Crippen LogP contribution >= 0.6 is 0 Å². The van der Waals surface area contributed by atoms with Crippen LogP contribution in [0.2, 0.25) is 0 Å². The molecule has 0 spiro atoms. The highest BCUT2D eigenvalue weighted by molar-refractivity contribution is 5.82. The Kier molecular flexibility index (Phi) is 3.22. The van der Waals surface area contributed by atoms with Crippen molar-refractivity contribution in [1.82, 2.24) is 0 Å². The number of ether oxygens (including phenoxy) is 3. The molecule has 1 unspecified atom stereocenters. The third-order valence-corrected chi connectivity index (χ3v) is 2.46. The van der Waals surface area contributed by atoms with E-state index in [9.17, 15) is 4.79 Å². The summed E-state index contributed by atoms with van der Waals surface area (Å²) >= 11 is 0. The van der Waals surface area contributed by atoms with Gasteiger partial charge >= 0.3 is 5.97 Å². The molecule has 0 N–H and O–H groups in total. The molecule has 86 valence electrons. The minimum atomic E-state index is -0.844. The van der Waals surface area contributed by atoms with Crippen LogP contribution < -0.4 is 0 Å². The van der Waals surface area contributed by atoms with Gasteiger partial charge in [-0.3, -0.25) is 0 Å². The lowest BCUT2D eigenvalue weighted by molar-refractivity contribution is -0.153. The Balaban J connectivity index is 1.85. The molecule has 4 nitrogen and oxygen atoms in total. The fraction of sp³-hybridized carbons (Fsp3) is 0.417. The molecular formula is C12H14O4. The predicted octanol–water partition coefficient (Wildman–Crippen LogP) is 1.15. The Morgan fingerprint density at radius 2 is 2.12 bits per heavy atom. The zero-order chi connectivity index (χ0) is 11.4. The van der Waals surface area contributed by atoms with E-state index >= 15 is 0 Å². The summed E-state index contributed by atoms with van der Waals surface area (Å²) in [7, 11) is 1.54. The highest BCUT2D eigenvalue weighted by atomic mass is 16.7. The van der Waals surface area contributed by atoms with Gasteiger partial charge in [0.25, 0.3) is 0 Å². The number of hydrogen-bond acceptors (Lipinski definition) is 4. The van der Waals surface area contributed by atoms with Crippen molar-refractivity contribution in [2.24, 2.45) is 0 Å². The monoisotopic (exact) mass is 222 g/mol. The fourth-order valence-corrected chi connectivity index (χ4v) is 1.44. The molecule has 0 radical (unpaired) electrons. The fourth-order valence-electron chi connectivity index (χ4n) is 1.44. The molecular weight excluding hydrogens is 208 g/mol. The van der Waals surface area contributed by atoms with E-state index in [0.29, 0.717) is 6.61 Å². The van der Waals surface area contributed by atoms with Crippen LogP contribution in [-0.4, -0.2) is 31.9 Å². The number of carbonyl (C=O) groups excluding carboxylic acids is 1. The number of epoxide rings is 1. The van der Waals surface area contributed by atoms with Gasteiger partial charge in [0.15, 0.2) is 0 Å². The Hall–Kier alpha value is -1.39. The molecule has 1 aromatic rings. The van der Waals surface area contributed by atoms with Crippen LogP contribution in [0, 0.1) is 0 Å². The molecule has 1 saturated heterocycles. The minimum absolute atomic E-state index is 0.251. The maximum Gasteiger partial charge on any atom is 0.343 e. The highest BCUT2D eigenvalue weighted by Gasteiger charge is 2.54. The Bertz CT molecular complexity index is 357. The second-order valence-electron chi connectivity index (χ2n) is 3.78. The summed E-state index contributed by atoms with van der Waals surface area (Å²) < 4.78 is 15.2. The first kappa shape index (κ1) is 11.1. The minimum Gasteiger partial charge on any atom is -0.459 e. The van der Waals surface area contributed by atoms with Crippen molar-refractivity contribution in [3.05, 3.63) is 35.9 Å². The van der Waals surface area contributed by atoms with E-state index in [0.717, 1.165) is 5.56 Å². The molecule has 0 bridgehead atoms. The van der Waals surface area contributed by atoms with Gasteiger partial charge in [-0.25, -0.2) is 4.79 Å². The van der Waals surface area contributed by atoms with Crippen molar-refractivity contribution >= 4 is 5.97 Å². The lowest BCUT2D eigenvalue weighted by Crippen LogP contribution is -2.31. The zero-order valence-electron chi connectivity index (χ0n) is 9.14. The van der Waals surface area contributed by atoms with Crippen LogP contribution in [0.25, 0.3) is 0 Å². The second-order valence-corrected chi connectivity index (χ2v) is 3.78. The first-order valence-electron chi connectivity index (χ1n) is 5.11. The van der Waals surface area contributed by atoms with Gasteiger partial charge in [-0.2, -0.15) is 0 Å². The Labute approximate surface area is 94.1 Å². The van der Waals surface area contributed by atoms with E-state index in [2.05, 4.69) is 0 Å². The van der Waals surface area contributed by atoms with Crippen LogP contribution in [-0.2, 0) is 25.6 Å². The van der Waals surface area contributed by atoms with Gasteiger partial charge in [-0.1, -0.05) is 30.3 Å². The molecule has 1 heterocycles. The zero-order valence-corrected chi connectivity index (χ0v) is 9.14. The van der Waals surface area contributed by atoms with Gasteiger partial charge in [-0.15, -0.1) is 0 Å². The summed E-state index contributed by atoms with van der Waals surface area (Å²) in [6.45, 7) is 0.906. The van der Waals surface area contributed by atoms with E-state index in [4.69, 9.17) is 14.2 Å². The third kappa shape index (κ3) is 2.40. The molecule has 1 aromatic carbocycles. The number of benzene rings is 1. The molecule has 0 amide bonds. The van der Waals surface area contributed by atoms with Gasteiger partial charge in [0.05, 0.1) is 13.2 Å². The molecule has 1 aliphatic heterocycles. The average molecular weight is 222 g/mol. The van der Waals surface area contributed by atoms with Gasteiger partial charge in [-0.05, 0) is 5.56 Å². The maximum absolute atomic E-state index is 11.7. The normalized spacial score (nSPS) is 22.8. The van der Waals surface area contributed by atoms with Crippen LogP contribution in [0.3, 0.4) is 0 Å². The van der Waals surface area contributed by atoms with Gasteiger partial charge in [0.2, 0.25) is 5.60 Å². The molecule has 16 heavy (non-hydrogen) atoms. The van der Waals surface area contributed by atoms with Crippen LogP contribution in [0.1, 0.15) is 5.56 Å². The van der Waals surface area contributed by atoms with E-state index in [-0.39, 0.29) is 19.2 Å². The SMILES string of the molecule is COCC1(C(=O)OCc2ccccc2)CO1. The molecule has 1 aliphatic rings. The molecule has 2 rings (SSSR count). The van der Waals surface area contributed by atoms with Crippen molar-refractivity contribution in [2.75, 3.05) is 20.3 Å². The number of rotatable bonds is 5. The second kappa shape index (κ2) is 4.63. The van der Waals surface area contributed by atoms with Crippen molar-refractivity contribution in [3.8, 4) is 0 Å². The van der Waals surface area contributed by atoms with Crippen LogP contribution in [0.5, 0.6) is 0 Å². The summed E-state index contributed by atoms with van der Waals surface area (Å²) in [6, 6.07) is 9.54. The summed E-state index contributed by atoms with van der Waals surface area (Å²) in [5, 5.41) is 0. The summed E-state index contributed by atoms with van der Waals surface area (Å²) in [5.74, 6) is -0.349. The van der Waals surface area contributed by atoms with E-state index in [1.54, 1.807) is 0 Å². The third-order valence-electron chi connectivity index (χ3n) is 2.46. The van der Waals surface area contributed by atoms with Crippen molar-refractivity contribution in [1.29, 1.82) is 0 Å². The summed E-state index contributed by atoms with van der Waals surface area (Å²) in [4.78, 5) is 11.7. The average Bonchev–Trinajstić information content (AvgIpc) is 3.09. The lowest BCUT2D eigenvalue weighted by atomic mass is 10.2. The van der Waals surface area contributed by atoms with Crippen molar-refractivity contribution in [2.45, 2.75) is 12.2 Å². The first-order chi connectivity index (χ1) is 7.77. The first-order valence-corrected chi connectivity index (χ1v) is 5.11. The topological polar surface area (TPSA) is 48.1 Å². The van der Waals surface area contributed by atoms with Crippen LogP contribution in [0.15, 0.2) is 30.3 Å². The van der Waals surface area contributed by atoms with Crippen molar-refractivity contribution < 1.29 is 19.0 Å². The maximum atomic E-state index is 11.7. The van der Waals surface area contributed by atoms with E-state index in [1.165, 1.54) is 7.11 Å². The van der Waals surface area contributed by atoms with Gasteiger partial charge < -0.3 is 14.2 Å². The molecule has 1 atom stereocenters. The van der Waals surface area contributed by atoms with E-state index < -0.39 is 5.60 Å². The van der Waals surface area contributed by atoms with Crippen molar-refractivity contribution in [3.63, 3.8) is 0 Å². The summed E-state index contributed by atoms with van der Waals surface area (Å²) in [5.41, 5.74) is 0.118. The lowest BCUT2D eigenvalue weighted by Gasteiger charge is -2.10. The smallest absolute Gasteiger partial charge is 0.343 e. The molecule has 4 heteroatoms. The molecule has 1 fully saturated rings. The van der Waals surface area contributed by atoms with Gasteiger partial charge in [0, 0.05) is 7.11 Å². The van der Waals surface area contributed by atoms with E-state index in [1.807, 2.05) is 30.3 Å².